The summed E-state index contributed by atoms with van der Waals surface area (Å²) in [5.74, 6) is 0.752. The van der Waals surface area contributed by atoms with Gasteiger partial charge in [0.15, 0.2) is 0 Å². The van der Waals surface area contributed by atoms with Gasteiger partial charge >= 0.3 is 0 Å². The van der Waals surface area contributed by atoms with Crippen molar-refractivity contribution in [3.8, 4) is 6.07 Å². The summed E-state index contributed by atoms with van der Waals surface area (Å²) >= 11 is 0. The standard InChI is InChI=1S/C17H24N4/c18-14-17(16-4-2-1-3-5-16)7-10-21(11-8-17)9-6-15-12-19-20-13-15/h1-5,15,19-20H,6-13H2. The fourth-order valence-corrected chi connectivity index (χ4v) is 3.46. The molecule has 0 radical (unpaired) electrons. The van der Waals surface area contributed by atoms with Gasteiger partial charge < -0.3 is 4.90 Å². The van der Waals surface area contributed by atoms with Gasteiger partial charge in [-0.3, -0.25) is 10.9 Å². The molecule has 1 aromatic rings. The zero-order valence-electron chi connectivity index (χ0n) is 12.5. The second-order valence-electron chi connectivity index (χ2n) is 6.32. The van der Waals surface area contributed by atoms with Crippen LogP contribution in [0.5, 0.6) is 0 Å². The molecule has 0 aromatic heterocycles. The van der Waals surface area contributed by atoms with Crippen molar-refractivity contribution in [2.75, 3.05) is 32.7 Å². The molecule has 3 rings (SSSR count). The summed E-state index contributed by atoms with van der Waals surface area (Å²) in [7, 11) is 0. The van der Waals surface area contributed by atoms with Crippen LogP contribution in [-0.2, 0) is 5.41 Å². The van der Waals surface area contributed by atoms with E-state index in [1.807, 2.05) is 18.2 Å². The average Bonchev–Trinajstić information content (AvgIpc) is 3.08. The van der Waals surface area contributed by atoms with Crippen LogP contribution in [-0.4, -0.2) is 37.6 Å². The minimum absolute atomic E-state index is 0.270. The summed E-state index contributed by atoms with van der Waals surface area (Å²) < 4.78 is 0. The first kappa shape index (κ1) is 14.5. The lowest BCUT2D eigenvalue weighted by atomic mass is 9.74. The van der Waals surface area contributed by atoms with Crippen LogP contribution in [0, 0.1) is 17.2 Å². The summed E-state index contributed by atoms with van der Waals surface area (Å²) in [5.41, 5.74) is 7.31. The molecule has 0 amide bonds. The minimum Gasteiger partial charge on any atom is -0.303 e. The molecule has 1 aromatic carbocycles. The Morgan fingerprint density at radius 1 is 1.14 bits per heavy atom. The Morgan fingerprint density at radius 2 is 1.81 bits per heavy atom. The van der Waals surface area contributed by atoms with Crippen molar-refractivity contribution in [1.29, 1.82) is 5.26 Å². The Bertz CT molecular complexity index is 479. The summed E-state index contributed by atoms with van der Waals surface area (Å²) in [5, 5.41) is 9.70. The van der Waals surface area contributed by atoms with Crippen molar-refractivity contribution in [3.05, 3.63) is 35.9 Å². The first-order valence-electron chi connectivity index (χ1n) is 7.97. The number of nitrogens with one attached hydrogen (secondary N) is 2. The number of piperidine rings is 1. The van der Waals surface area contributed by atoms with Gasteiger partial charge in [0.25, 0.3) is 0 Å². The van der Waals surface area contributed by atoms with Crippen LogP contribution in [0.3, 0.4) is 0 Å². The van der Waals surface area contributed by atoms with E-state index in [0.717, 1.165) is 51.5 Å². The molecule has 0 atom stereocenters. The maximum atomic E-state index is 9.70. The van der Waals surface area contributed by atoms with E-state index in [2.05, 4.69) is 34.0 Å². The van der Waals surface area contributed by atoms with Crippen LogP contribution in [0.1, 0.15) is 24.8 Å². The zero-order chi connectivity index (χ0) is 14.5. The SMILES string of the molecule is N#CC1(c2ccccc2)CCN(CCC2CNNC2)CC1. The van der Waals surface area contributed by atoms with Crippen molar-refractivity contribution >= 4 is 0 Å². The Balaban J connectivity index is 1.55. The molecule has 21 heavy (non-hydrogen) atoms. The van der Waals surface area contributed by atoms with E-state index in [4.69, 9.17) is 0 Å². The third kappa shape index (κ3) is 3.26. The van der Waals surface area contributed by atoms with Crippen LogP contribution >= 0.6 is 0 Å². The molecule has 0 bridgehead atoms. The Hall–Kier alpha value is -1.41. The van der Waals surface area contributed by atoms with Gasteiger partial charge in [0, 0.05) is 13.1 Å². The molecule has 0 aliphatic carbocycles. The number of nitriles is 1. The molecular weight excluding hydrogens is 260 g/mol. The lowest BCUT2D eigenvalue weighted by molar-refractivity contribution is 0.177. The number of benzene rings is 1. The lowest BCUT2D eigenvalue weighted by Gasteiger charge is -2.38. The number of likely N-dealkylation sites (tertiary alicyclic amines) is 1. The fourth-order valence-electron chi connectivity index (χ4n) is 3.46. The minimum atomic E-state index is -0.270. The first-order valence-corrected chi connectivity index (χ1v) is 7.97. The Labute approximate surface area is 127 Å². The average molecular weight is 284 g/mol. The molecule has 112 valence electrons. The van der Waals surface area contributed by atoms with Crippen LogP contribution in [0.4, 0.5) is 0 Å². The number of hydrogen-bond donors (Lipinski definition) is 2. The number of hydrazine groups is 1. The van der Waals surface area contributed by atoms with E-state index in [1.54, 1.807) is 0 Å². The number of rotatable bonds is 4. The maximum Gasteiger partial charge on any atom is 0.0846 e. The second kappa shape index (κ2) is 6.57. The van der Waals surface area contributed by atoms with Crippen LogP contribution in [0.2, 0.25) is 0 Å². The van der Waals surface area contributed by atoms with E-state index >= 15 is 0 Å². The molecule has 0 unspecified atom stereocenters. The van der Waals surface area contributed by atoms with E-state index in [0.29, 0.717) is 0 Å². The van der Waals surface area contributed by atoms with Crippen molar-refractivity contribution in [2.24, 2.45) is 5.92 Å². The third-order valence-electron chi connectivity index (χ3n) is 5.01. The van der Waals surface area contributed by atoms with Crippen LogP contribution in [0.25, 0.3) is 0 Å². The Kier molecular flexibility index (Phi) is 4.54. The largest absolute Gasteiger partial charge is 0.303 e. The molecule has 4 nitrogen and oxygen atoms in total. The molecule has 2 aliphatic heterocycles. The smallest absolute Gasteiger partial charge is 0.0846 e. The van der Waals surface area contributed by atoms with E-state index in [9.17, 15) is 5.26 Å². The highest BCUT2D eigenvalue weighted by Gasteiger charge is 2.36. The lowest BCUT2D eigenvalue weighted by Crippen LogP contribution is -2.42. The predicted molar refractivity (Wildman–Crippen MR) is 83.5 cm³/mol. The summed E-state index contributed by atoms with van der Waals surface area (Å²) in [6.07, 6.45) is 3.15. The normalized spacial score (nSPS) is 23.0. The first-order chi connectivity index (χ1) is 10.3. The van der Waals surface area contributed by atoms with Gasteiger partial charge in [0.2, 0.25) is 0 Å². The van der Waals surface area contributed by atoms with Gasteiger partial charge in [-0.15, -0.1) is 0 Å². The third-order valence-corrected chi connectivity index (χ3v) is 5.01. The predicted octanol–water partition coefficient (Wildman–Crippen LogP) is 1.66. The zero-order valence-corrected chi connectivity index (χ0v) is 12.5. The molecule has 2 aliphatic rings. The highest BCUT2D eigenvalue weighted by Crippen LogP contribution is 2.34. The summed E-state index contributed by atoms with van der Waals surface area (Å²) in [6, 6.07) is 12.9. The fraction of sp³-hybridized carbons (Fsp3) is 0.588. The quantitative estimate of drug-likeness (QED) is 0.883. The summed E-state index contributed by atoms with van der Waals surface area (Å²) in [4.78, 5) is 2.52. The molecule has 4 heteroatoms. The molecule has 2 heterocycles. The highest BCUT2D eigenvalue weighted by molar-refractivity contribution is 5.33. The second-order valence-corrected chi connectivity index (χ2v) is 6.32. The van der Waals surface area contributed by atoms with Gasteiger partial charge in [-0.2, -0.15) is 5.26 Å². The number of hydrogen-bond acceptors (Lipinski definition) is 4. The van der Waals surface area contributed by atoms with Crippen molar-refractivity contribution in [3.63, 3.8) is 0 Å². The molecule has 0 saturated carbocycles. The van der Waals surface area contributed by atoms with Gasteiger partial charge in [-0.25, -0.2) is 0 Å². The van der Waals surface area contributed by atoms with Crippen molar-refractivity contribution < 1.29 is 0 Å². The van der Waals surface area contributed by atoms with Crippen molar-refractivity contribution in [2.45, 2.75) is 24.7 Å². The molecule has 2 fully saturated rings. The topological polar surface area (TPSA) is 51.1 Å². The monoisotopic (exact) mass is 284 g/mol. The van der Waals surface area contributed by atoms with Crippen LogP contribution < -0.4 is 10.9 Å². The Morgan fingerprint density at radius 3 is 2.43 bits per heavy atom. The van der Waals surface area contributed by atoms with E-state index < -0.39 is 0 Å². The maximum absolute atomic E-state index is 9.70. The van der Waals surface area contributed by atoms with Gasteiger partial charge in [-0.05, 0) is 50.4 Å². The van der Waals surface area contributed by atoms with Crippen molar-refractivity contribution in [1.82, 2.24) is 15.8 Å². The molecule has 2 saturated heterocycles. The molecule has 0 spiro atoms. The van der Waals surface area contributed by atoms with Gasteiger partial charge in [-0.1, -0.05) is 30.3 Å². The van der Waals surface area contributed by atoms with E-state index in [1.165, 1.54) is 12.0 Å². The highest BCUT2D eigenvalue weighted by atomic mass is 15.4. The molecular formula is C17H24N4. The molecule has 2 N–H and O–H groups in total. The van der Waals surface area contributed by atoms with Gasteiger partial charge in [0.05, 0.1) is 11.5 Å². The van der Waals surface area contributed by atoms with Gasteiger partial charge in [0.1, 0.15) is 0 Å². The summed E-state index contributed by atoms with van der Waals surface area (Å²) in [6.45, 7) is 5.40. The van der Waals surface area contributed by atoms with Crippen LogP contribution in [0.15, 0.2) is 30.3 Å². The van der Waals surface area contributed by atoms with E-state index in [-0.39, 0.29) is 5.41 Å². The number of nitrogens with zero attached hydrogens (tertiary/aromatic N) is 2.